The summed E-state index contributed by atoms with van der Waals surface area (Å²) in [5.41, 5.74) is 1.03. The Labute approximate surface area is 198 Å². The normalized spacial score (nSPS) is 19.4. The molecular weight excluding hydrogens is 468 g/mol. The maximum absolute atomic E-state index is 12.8. The molecule has 0 aliphatic carbocycles. The fourth-order valence-electron chi connectivity index (χ4n) is 3.63. The minimum absolute atomic E-state index is 0.0982. The van der Waals surface area contributed by atoms with Crippen molar-refractivity contribution in [2.24, 2.45) is 0 Å². The van der Waals surface area contributed by atoms with Crippen molar-refractivity contribution in [2.75, 3.05) is 45.8 Å². The van der Waals surface area contributed by atoms with Gasteiger partial charge in [0.1, 0.15) is 10.6 Å². The Morgan fingerprint density at radius 3 is 2.67 bits per heavy atom. The van der Waals surface area contributed by atoms with Gasteiger partial charge in [-0.25, -0.2) is 18.1 Å². The van der Waals surface area contributed by atoms with Crippen LogP contribution in [0.5, 0.6) is 5.75 Å². The molecule has 0 saturated carbocycles. The molecule has 1 aromatic heterocycles. The van der Waals surface area contributed by atoms with E-state index in [-0.39, 0.29) is 41.6 Å². The molecule has 182 valence electrons. The zero-order valence-electron chi connectivity index (χ0n) is 19.2. The molecule has 0 bridgehead atoms. The largest absolute Gasteiger partial charge is 0.495 e. The van der Waals surface area contributed by atoms with Gasteiger partial charge in [-0.3, -0.25) is 15.0 Å². The monoisotopic (exact) mass is 498 g/mol. The molecule has 1 fully saturated rings. The SMILES string of the molecule is COCCNS(=O)(=O)c1cc(C(=O)Nc2nc(CN3CC(C)OC(C)C3)cs2)ccc1OC. The van der Waals surface area contributed by atoms with Crippen LogP contribution in [-0.2, 0) is 26.0 Å². The average molecular weight is 499 g/mol. The third kappa shape index (κ3) is 6.95. The molecule has 1 aliphatic heterocycles. The average Bonchev–Trinajstić information content (AvgIpc) is 3.19. The van der Waals surface area contributed by atoms with E-state index in [0.717, 1.165) is 18.8 Å². The van der Waals surface area contributed by atoms with Gasteiger partial charge < -0.3 is 14.2 Å². The summed E-state index contributed by atoms with van der Waals surface area (Å²) in [7, 11) is -1.04. The lowest BCUT2D eigenvalue weighted by molar-refractivity contribution is -0.0707. The number of methoxy groups -OCH3 is 2. The van der Waals surface area contributed by atoms with E-state index in [1.165, 1.54) is 43.8 Å². The summed E-state index contributed by atoms with van der Waals surface area (Å²) < 4.78 is 43.6. The van der Waals surface area contributed by atoms with Gasteiger partial charge in [-0.05, 0) is 32.0 Å². The molecule has 2 aromatic rings. The highest BCUT2D eigenvalue weighted by Gasteiger charge is 2.24. The number of sulfonamides is 1. The number of amides is 1. The van der Waals surface area contributed by atoms with Crippen LogP contribution < -0.4 is 14.8 Å². The van der Waals surface area contributed by atoms with E-state index < -0.39 is 15.9 Å². The highest BCUT2D eigenvalue weighted by molar-refractivity contribution is 7.89. The fraction of sp³-hybridized carbons (Fsp3) is 0.524. The Kier molecular flexibility index (Phi) is 8.79. The van der Waals surface area contributed by atoms with Gasteiger partial charge in [0.2, 0.25) is 10.0 Å². The van der Waals surface area contributed by atoms with E-state index in [9.17, 15) is 13.2 Å². The number of carbonyl (C=O) groups is 1. The highest BCUT2D eigenvalue weighted by Crippen LogP contribution is 2.26. The number of morpholine rings is 1. The molecule has 0 spiro atoms. The number of thiazole rings is 1. The number of rotatable bonds is 10. The molecule has 2 unspecified atom stereocenters. The molecule has 0 radical (unpaired) electrons. The molecule has 1 saturated heterocycles. The number of nitrogens with one attached hydrogen (secondary N) is 2. The van der Waals surface area contributed by atoms with Crippen LogP contribution in [0.15, 0.2) is 28.5 Å². The Morgan fingerprint density at radius 2 is 2.00 bits per heavy atom. The van der Waals surface area contributed by atoms with E-state index in [1.807, 2.05) is 19.2 Å². The zero-order chi connectivity index (χ0) is 24.0. The summed E-state index contributed by atoms with van der Waals surface area (Å²) in [5, 5.41) is 5.10. The van der Waals surface area contributed by atoms with Crippen LogP contribution in [0.1, 0.15) is 29.9 Å². The Hall–Kier alpha value is -2.09. The van der Waals surface area contributed by atoms with Crippen molar-refractivity contribution in [1.29, 1.82) is 0 Å². The number of hydrogen-bond acceptors (Lipinski definition) is 9. The fourth-order valence-corrected chi connectivity index (χ4v) is 5.54. The van der Waals surface area contributed by atoms with Crippen molar-refractivity contribution in [3.8, 4) is 5.75 Å². The van der Waals surface area contributed by atoms with Crippen molar-refractivity contribution in [3.63, 3.8) is 0 Å². The number of carbonyl (C=O) groups excluding carboxylic acids is 1. The van der Waals surface area contributed by atoms with Crippen LogP contribution in [-0.4, -0.2) is 76.9 Å². The van der Waals surface area contributed by atoms with Gasteiger partial charge in [0.15, 0.2) is 5.13 Å². The summed E-state index contributed by atoms with van der Waals surface area (Å²) >= 11 is 1.32. The second kappa shape index (κ2) is 11.4. The summed E-state index contributed by atoms with van der Waals surface area (Å²) in [6.45, 7) is 6.73. The quantitative estimate of drug-likeness (QED) is 0.477. The first kappa shape index (κ1) is 25.5. The van der Waals surface area contributed by atoms with Crippen LogP contribution in [0.4, 0.5) is 5.13 Å². The maximum atomic E-state index is 12.8. The van der Waals surface area contributed by atoms with Crippen LogP contribution in [0.2, 0.25) is 0 Å². The second-order valence-corrected chi connectivity index (χ2v) is 10.4. The van der Waals surface area contributed by atoms with Gasteiger partial charge in [0.25, 0.3) is 5.91 Å². The Balaban J connectivity index is 1.69. The molecule has 1 aromatic carbocycles. The molecule has 3 rings (SSSR count). The first-order valence-electron chi connectivity index (χ1n) is 10.5. The van der Waals surface area contributed by atoms with Crippen molar-refractivity contribution in [1.82, 2.24) is 14.6 Å². The van der Waals surface area contributed by atoms with Crippen LogP contribution >= 0.6 is 11.3 Å². The topological polar surface area (TPSA) is 119 Å². The van der Waals surface area contributed by atoms with E-state index in [0.29, 0.717) is 11.7 Å². The van der Waals surface area contributed by atoms with Crippen LogP contribution in [0.25, 0.3) is 0 Å². The Morgan fingerprint density at radius 1 is 1.27 bits per heavy atom. The summed E-state index contributed by atoms with van der Waals surface area (Å²) in [6.07, 6.45) is 0.326. The van der Waals surface area contributed by atoms with Crippen molar-refractivity contribution >= 4 is 32.4 Å². The van der Waals surface area contributed by atoms with Gasteiger partial charge in [0, 0.05) is 44.2 Å². The van der Waals surface area contributed by atoms with E-state index >= 15 is 0 Å². The molecular formula is C21H30N4O6S2. The zero-order valence-corrected chi connectivity index (χ0v) is 20.8. The molecule has 12 heteroatoms. The smallest absolute Gasteiger partial charge is 0.257 e. The van der Waals surface area contributed by atoms with Gasteiger partial charge in [-0.15, -0.1) is 11.3 Å². The summed E-state index contributed by atoms with van der Waals surface area (Å²) in [6, 6.07) is 4.25. The lowest BCUT2D eigenvalue weighted by Crippen LogP contribution is -2.44. The van der Waals surface area contributed by atoms with Crippen molar-refractivity contribution in [2.45, 2.75) is 37.5 Å². The van der Waals surface area contributed by atoms with Gasteiger partial charge in [-0.1, -0.05) is 0 Å². The number of benzene rings is 1. The molecule has 1 aliphatic rings. The second-order valence-electron chi connectivity index (χ2n) is 7.81. The van der Waals surface area contributed by atoms with Gasteiger partial charge >= 0.3 is 0 Å². The molecule has 10 nitrogen and oxygen atoms in total. The predicted molar refractivity (Wildman–Crippen MR) is 125 cm³/mol. The third-order valence-electron chi connectivity index (χ3n) is 4.97. The van der Waals surface area contributed by atoms with Crippen molar-refractivity contribution in [3.05, 3.63) is 34.8 Å². The van der Waals surface area contributed by atoms with Crippen LogP contribution in [0, 0.1) is 0 Å². The lowest BCUT2D eigenvalue weighted by Gasteiger charge is -2.34. The summed E-state index contributed by atoms with van der Waals surface area (Å²) in [5.74, 6) is -0.317. The molecule has 2 N–H and O–H groups in total. The van der Waals surface area contributed by atoms with E-state index in [1.54, 1.807) is 0 Å². The van der Waals surface area contributed by atoms with Crippen molar-refractivity contribution < 1.29 is 27.4 Å². The maximum Gasteiger partial charge on any atom is 0.257 e. The number of anilines is 1. The molecule has 1 amide bonds. The summed E-state index contributed by atoms with van der Waals surface area (Å²) in [4.78, 5) is 19.5. The number of aromatic nitrogens is 1. The standard InChI is InChI=1S/C21H30N4O6S2/c1-14-10-25(11-15(2)31-14)12-17-13-32-21(23-17)24-20(26)16-5-6-18(30-4)19(9-16)33(27,28)22-7-8-29-3/h5-6,9,13-15,22H,7-8,10-12H2,1-4H3,(H,23,24,26). The van der Waals surface area contributed by atoms with Gasteiger partial charge in [-0.2, -0.15) is 0 Å². The molecule has 2 heterocycles. The third-order valence-corrected chi connectivity index (χ3v) is 7.26. The first-order chi connectivity index (χ1) is 15.7. The first-order valence-corrected chi connectivity index (χ1v) is 12.9. The predicted octanol–water partition coefficient (Wildman–Crippen LogP) is 1.94. The van der Waals surface area contributed by atoms with E-state index in [4.69, 9.17) is 14.2 Å². The van der Waals surface area contributed by atoms with Crippen LogP contribution in [0.3, 0.4) is 0 Å². The highest BCUT2D eigenvalue weighted by atomic mass is 32.2. The van der Waals surface area contributed by atoms with Gasteiger partial charge in [0.05, 0.1) is 31.6 Å². The Bertz CT molecular complexity index is 1050. The molecule has 2 atom stereocenters. The number of nitrogens with zero attached hydrogens (tertiary/aromatic N) is 2. The van der Waals surface area contributed by atoms with E-state index in [2.05, 4.69) is 19.9 Å². The number of ether oxygens (including phenoxy) is 3. The minimum Gasteiger partial charge on any atom is -0.495 e. The minimum atomic E-state index is -3.89. The number of hydrogen-bond donors (Lipinski definition) is 2. The molecule has 33 heavy (non-hydrogen) atoms. The lowest BCUT2D eigenvalue weighted by atomic mass is 10.2.